The van der Waals surface area contributed by atoms with Crippen LogP contribution in [0.25, 0.3) is 0 Å². The second-order valence-corrected chi connectivity index (χ2v) is 22.9. The molecule has 0 radical (unpaired) electrons. The maximum Gasteiger partial charge on any atom is 0.168 e. The molecule has 0 amide bonds. The summed E-state index contributed by atoms with van der Waals surface area (Å²) in [6, 6.07) is 26.1. The molecular weight excluding hydrogens is 1050 g/mol. The lowest BCUT2D eigenvalue weighted by Crippen LogP contribution is -2.35. The van der Waals surface area contributed by atoms with Crippen LogP contribution in [0.1, 0.15) is 55.6 Å². The van der Waals surface area contributed by atoms with Gasteiger partial charge in [0.05, 0.1) is 55.0 Å². The number of thioether (sulfide) groups is 4. The van der Waals surface area contributed by atoms with Gasteiger partial charge in [-0.3, -0.25) is 0 Å². The molecule has 0 fully saturated rings. The van der Waals surface area contributed by atoms with Crippen LogP contribution < -0.4 is 48.0 Å². The zero-order chi connectivity index (χ0) is 55.0. The maximum atomic E-state index is 6.36. The van der Waals surface area contributed by atoms with Crippen LogP contribution >= 0.6 is 47.0 Å². The number of benzene rings is 6. The minimum atomic E-state index is 0.440. The third kappa shape index (κ3) is 11.7. The van der Waals surface area contributed by atoms with Gasteiger partial charge in [0.25, 0.3) is 0 Å². The SMILES string of the molecule is C=CCc1cc2c(c(OC)c1)OCN(c1c(C)cc(SC)c(N3COc4c(cc(CC=C)cc4OC)C3)c1SC)C2.C=CCc1ccc2c(c1)CN(c1c(SC)cc(SC)c(N3COc4ccc(CC=C)cc4C3)c1C)CO2. The normalized spacial score (nSPS) is 14.2. The van der Waals surface area contributed by atoms with E-state index in [0.717, 1.165) is 109 Å². The largest absolute Gasteiger partial charge is 0.493 e. The van der Waals surface area contributed by atoms with Crippen LogP contribution in [-0.4, -0.2) is 66.2 Å². The van der Waals surface area contributed by atoms with Crippen LogP contribution in [0.2, 0.25) is 0 Å². The number of nitrogens with zero attached hydrogens (tertiary/aromatic N) is 4. The van der Waals surface area contributed by atoms with Crippen LogP contribution in [0.5, 0.6) is 34.5 Å². The van der Waals surface area contributed by atoms with E-state index >= 15 is 0 Å². The van der Waals surface area contributed by atoms with Crippen molar-refractivity contribution in [3.05, 3.63) is 179 Å². The summed E-state index contributed by atoms with van der Waals surface area (Å²) < 4.78 is 36.6. The Morgan fingerprint density at radius 2 is 0.833 bits per heavy atom. The molecule has 0 N–H and O–H groups in total. The molecule has 4 aliphatic rings. The number of aryl methyl sites for hydroxylation is 1. The number of fused-ring (bicyclic) bond motifs is 4. The highest BCUT2D eigenvalue weighted by Gasteiger charge is 2.32. The summed E-state index contributed by atoms with van der Waals surface area (Å²) in [7, 11) is 3.39. The number of rotatable bonds is 18. The lowest BCUT2D eigenvalue weighted by molar-refractivity contribution is 0.267. The Hall–Kier alpha value is -6.32. The zero-order valence-electron chi connectivity index (χ0n) is 46.4. The molecule has 10 nitrogen and oxygen atoms in total. The zero-order valence-corrected chi connectivity index (χ0v) is 49.7. The van der Waals surface area contributed by atoms with E-state index in [2.05, 4.69) is 145 Å². The van der Waals surface area contributed by atoms with Gasteiger partial charge in [0.15, 0.2) is 49.9 Å². The predicted octanol–water partition coefficient (Wildman–Crippen LogP) is 15.2. The van der Waals surface area contributed by atoms with Gasteiger partial charge in [-0.15, -0.1) is 73.4 Å². The first-order valence-electron chi connectivity index (χ1n) is 26.1. The molecule has 78 heavy (non-hydrogen) atoms. The lowest BCUT2D eigenvalue weighted by atomic mass is 10.0. The highest BCUT2D eigenvalue weighted by Crippen LogP contribution is 2.51. The van der Waals surface area contributed by atoms with Crippen LogP contribution in [0.3, 0.4) is 0 Å². The van der Waals surface area contributed by atoms with Crippen molar-refractivity contribution in [2.75, 3.05) is 85.8 Å². The fourth-order valence-corrected chi connectivity index (χ4v) is 14.2. The third-order valence-corrected chi connectivity index (χ3v) is 17.5. The van der Waals surface area contributed by atoms with Crippen LogP contribution in [0.15, 0.2) is 143 Å². The number of anilines is 4. The van der Waals surface area contributed by atoms with Gasteiger partial charge in [-0.05, 0) is 159 Å². The fraction of sp³-hybridized carbons (Fsp3) is 0.312. The molecule has 10 rings (SSSR count). The molecule has 4 aliphatic heterocycles. The van der Waals surface area contributed by atoms with Crippen molar-refractivity contribution in [1.29, 1.82) is 0 Å². The van der Waals surface area contributed by atoms with Gasteiger partial charge in [-0.1, -0.05) is 36.4 Å². The summed E-state index contributed by atoms with van der Waals surface area (Å²) in [4.78, 5) is 14.4. The molecule has 0 saturated carbocycles. The number of ether oxygens (including phenoxy) is 6. The van der Waals surface area contributed by atoms with Crippen molar-refractivity contribution in [2.45, 2.75) is 85.3 Å². The quantitative estimate of drug-likeness (QED) is 0.0606. The van der Waals surface area contributed by atoms with Crippen LogP contribution in [0.4, 0.5) is 22.7 Å². The van der Waals surface area contributed by atoms with E-state index in [1.165, 1.54) is 75.7 Å². The number of hydrogen-bond acceptors (Lipinski definition) is 14. The molecule has 0 saturated heterocycles. The molecule has 14 heteroatoms. The Balaban J connectivity index is 0.000000191. The van der Waals surface area contributed by atoms with Gasteiger partial charge in [0.1, 0.15) is 11.5 Å². The van der Waals surface area contributed by atoms with Gasteiger partial charge in [0.2, 0.25) is 0 Å². The molecule has 0 aromatic heterocycles. The first-order valence-corrected chi connectivity index (χ1v) is 31.0. The number of methoxy groups -OCH3 is 2. The number of hydrogen-bond donors (Lipinski definition) is 0. The van der Waals surface area contributed by atoms with Crippen LogP contribution in [-0.2, 0) is 51.9 Å². The molecule has 0 atom stereocenters. The second-order valence-electron chi connectivity index (χ2n) is 19.5. The van der Waals surface area contributed by atoms with Gasteiger partial charge in [-0.2, -0.15) is 0 Å². The van der Waals surface area contributed by atoms with Crippen LogP contribution in [0, 0.1) is 13.8 Å². The lowest BCUT2D eigenvalue weighted by Gasteiger charge is -2.38. The standard InChI is InChI=1S/C33H38N2O4S2.C31H34N2O2S2/c1-8-10-22-13-24-17-34(19-38-31(24)26(15-22)36-4)29-21(3)12-28(40-6)30(33(29)41-7)35-18-25-14-23(11-9-2)16-27(37-5)32(25)39-20-35;1-6-8-22-10-12-26-24(14-22)17-32(19-34-26)30-21(3)31(29(37-5)16-28(30)36-4)33-18-25-15-23(9-7-2)11-13-27(25)35-20-33/h8-9,12-16H,1-2,10-11,17-20H2,3-7H3;6-7,10-16H,1-2,8-9,17-20H2,3-5H3. The molecular formula is C64H72N4O6S4. The Labute approximate surface area is 479 Å². The van der Waals surface area contributed by atoms with E-state index in [-0.39, 0.29) is 0 Å². The van der Waals surface area contributed by atoms with Crippen molar-refractivity contribution in [3.8, 4) is 34.5 Å². The minimum Gasteiger partial charge on any atom is -0.493 e. The molecule has 4 heterocycles. The van der Waals surface area contributed by atoms with Gasteiger partial charge < -0.3 is 48.0 Å². The molecule has 6 aromatic carbocycles. The molecule has 0 unspecified atom stereocenters. The van der Waals surface area contributed by atoms with E-state index in [0.29, 0.717) is 26.9 Å². The summed E-state index contributed by atoms with van der Waals surface area (Å²) in [6.07, 6.45) is 19.6. The fourth-order valence-electron chi connectivity index (χ4n) is 11.0. The topological polar surface area (TPSA) is 68.3 Å². The summed E-state index contributed by atoms with van der Waals surface area (Å²) in [6.45, 7) is 25.1. The smallest absolute Gasteiger partial charge is 0.168 e. The molecule has 0 bridgehead atoms. The Kier molecular flexibility index (Phi) is 18.5. The molecule has 0 aliphatic carbocycles. The molecule has 408 valence electrons. The number of allylic oxidation sites excluding steroid dienone is 4. The third-order valence-electron chi connectivity index (χ3n) is 14.5. The summed E-state index contributed by atoms with van der Waals surface area (Å²) in [5.41, 5.74) is 16.9. The first kappa shape index (κ1) is 56.4. The Morgan fingerprint density at radius 1 is 0.449 bits per heavy atom. The van der Waals surface area contributed by atoms with Crippen molar-refractivity contribution >= 4 is 69.8 Å². The van der Waals surface area contributed by atoms with E-state index in [4.69, 9.17) is 28.4 Å². The van der Waals surface area contributed by atoms with Crippen molar-refractivity contribution in [2.24, 2.45) is 0 Å². The first-order chi connectivity index (χ1) is 38.0. The maximum absolute atomic E-state index is 6.36. The predicted molar refractivity (Wildman–Crippen MR) is 331 cm³/mol. The monoisotopic (exact) mass is 1120 g/mol. The summed E-state index contributed by atoms with van der Waals surface area (Å²) in [5.74, 6) is 5.15. The Bertz CT molecular complexity index is 3140. The van der Waals surface area contributed by atoms with Gasteiger partial charge in [-0.25, -0.2) is 0 Å². The highest BCUT2D eigenvalue weighted by molar-refractivity contribution is 8.00. The van der Waals surface area contributed by atoms with E-state index in [9.17, 15) is 0 Å². The second kappa shape index (κ2) is 25.6. The van der Waals surface area contributed by atoms with E-state index in [1.54, 1.807) is 61.3 Å². The average Bonchev–Trinajstić information content (AvgIpc) is 3.57. The van der Waals surface area contributed by atoms with Gasteiger partial charge >= 0.3 is 0 Å². The Morgan fingerprint density at radius 3 is 1.26 bits per heavy atom. The van der Waals surface area contributed by atoms with E-state index in [1.807, 2.05) is 36.4 Å². The van der Waals surface area contributed by atoms with Crippen molar-refractivity contribution < 1.29 is 28.4 Å². The summed E-state index contributed by atoms with van der Waals surface area (Å²) >= 11 is 7.12. The molecule has 0 spiro atoms. The van der Waals surface area contributed by atoms with Crippen molar-refractivity contribution in [1.82, 2.24) is 0 Å². The van der Waals surface area contributed by atoms with Gasteiger partial charge in [0, 0.05) is 50.0 Å². The molecule has 6 aromatic rings. The summed E-state index contributed by atoms with van der Waals surface area (Å²) in [5, 5.41) is 0. The average molecular weight is 1120 g/mol. The highest BCUT2D eigenvalue weighted by atomic mass is 32.2. The van der Waals surface area contributed by atoms with E-state index < -0.39 is 0 Å². The minimum absolute atomic E-state index is 0.440. The van der Waals surface area contributed by atoms with Crippen molar-refractivity contribution in [3.63, 3.8) is 0 Å².